The first-order chi connectivity index (χ1) is 19.3. The number of halogens is 1. The number of H-pyrrole nitrogens is 2. The smallest absolute Gasteiger partial charge is 0.326 e. The number of para-hydroxylation sites is 2. The molecule has 9 nitrogen and oxygen atoms in total. The summed E-state index contributed by atoms with van der Waals surface area (Å²) in [7, 11) is 0. The van der Waals surface area contributed by atoms with Crippen molar-refractivity contribution in [3.05, 3.63) is 101 Å². The number of aromatic nitrogens is 4. The molecule has 0 bridgehead atoms. The van der Waals surface area contributed by atoms with Gasteiger partial charge in [-0.2, -0.15) is 0 Å². The predicted molar refractivity (Wildman–Crippen MR) is 151 cm³/mol. The Morgan fingerprint density at radius 3 is 2.58 bits per heavy atom. The first-order valence-corrected chi connectivity index (χ1v) is 12.9. The molecule has 1 unspecified atom stereocenters. The summed E-state index contributed by atoms with van der Waals surface area (Å²) in [6.07, 6.45) is 2.29. The van der Waals surface area contributed by atoms with Crippen LogP contribution in [0, 0.1) is 12.7 Å². The number of carboxylic acids is 1. The number of benzene rings is 3. The van der Waals surface area contributed by atoms with Crippen LogP contribution in [0.3, 0.4) is 0 Å². The van der Waals surface area contributed by atoms with Crippen LogP contribution in [-0.4, -0.2) is 43.0 Å². The summed E-state index contributed by atoms with van der Waals surface area (Å²) in [5.74, 6) is -0.760. The van der Waals surface area contributed by atoms with Crippen molar-refractivity contribution in [2.24, 2.45) is 0 Å². The molecule has 0 saturated heterocycles. The first kappa shape index (κ1) is 26.6. The molecule has 0 aliphatic heterocycles. The van der Waals surface area contributed by atoms with Gasteiger partial charge in [-0.1, -0.05) is 43.3 Å². The largest absolute Gasteiger partial charge is 0.480 e. The monoisotopic (exact) mass is 540 g/mol. The highest BCUT2D eigenvalue weighted by atomic mass is 19.1. The summed E-state index contributed by atoms with van der Waals surface area (Å²) in [5, 5.41) is 15.6. The summed E-state index contributed by atoms with van der Waals surface area (Å²) in [6.45, 7) is 3.96. The first-order valence-electron chi connectivity index (χ1n) is 12.9. The number of anilines is 1. The maximum atomic E-state index is 13.8. The van der Waals surface area contributed by atoms with Crippen LogP contribution in [0.5, 0.6) is 0 Å². The van der Waals surface area contributed by atoms with Crippen LogP contribution in [-0.2, 0) is 24.2 Å². The number of carboxylic acid groups (broad SMARTS) is 1. The minimum absolute atomic E-state index is 0.0912. The average Bonchev–Trinajstić information content (AvgIpc) is 3.58. The second-order valence-electron chi connectivity index (χ2n) is 9.59. The zero-order valence-electron chi connectivity index (χ0n) is 22.1. The lowest BCUT2D eigenvalue weighted by atomic mass is 9.98. The van der Waals surface area contributed by atoms with Crippen molar-refractivity contribution < 1.29 is 19.1 Å². The van der Waals surface area contributed by atoms with Gasteiger partial charge in [-0.05, 0) is 54.3 Å². The number of rotatable bonds is 10. The van der Waals surface area contributed by atoms with Crippen molar-refractivity contribution >= 4 is 28.9 Å². The van der Waals surface area contributed by atoms with Crippen molar-refractivity contribution in [2.75, 3.05) is 5.32 Å². The van der Waals surface area contributed by atoms with Gasteiger partial charge in [-0.3, -0.25) is 4.79 Å². The van der Waals surface area contributed by atoms with Gasteiger partial charge < -0.3 is 25.7 Å². The van der Waals surface area contributed by atoms with Crippen molar-refractivity contribution in [1.29, 1.82) is 0 Å². The van der Waals surface area contributed by atoms with Crippen molar-refractivity contribution in [3.63, 3.8) is 0 Å². The topological polar surface area (TPSA) is 136 Å². The summed E-state index contributed by atoms with van der Waals surface area (Å²) in [6, 6.07) is 16.6. The predicted octanol–water partition coefficient (Wildman–Crippen LogP) is 5.00. The summed E-state index contributed by atoms with van der Waals surface area (Å²) in [5.41, 5.74) is 5.60. The van der Waals surface area contributed by atoms with E-state index in [0.717, 1.165) is 27.9 Å². The fourth-order valence-electron chi connectivity index (χ4n) is 4.69. The lowest BCUT2D eigenvalue weighted by molar-refractivity contribution is -0.139. The molecule has 204 valence electrons. The van der Waals surface area contributed by atoms with Gasteiger partial charge in [0.1, 0.15) is 17.7 Å². The zero-order chi connectivity index (χ0) is 28.2. The summed E-state index contributed by atoms with van der Waals surface area (Å²) in [4.78, 5) is 40.4. The number of aromatic amines is 2. The van der Waals surface area contributed by atoms with Crippen LogP contribution in [0.25, 0.3) is 22.4 Å². The molecular formula is C30H29FN6O3. The number of nitrogens with one attached hydrogen (secondary N) is 4. The van der Waals surface area contributed by atoms with Crippen LogP contribution >= 0.6 is 0 Å². The molecule has 0 aliphatic rings. The molecule has 0 radical (unpaired) electrons. The Hall–Kier alpha value is -4.99. The Bertz CT molecular complexity index is 1640. The molecule has 5 aromatic rings. The number of fused-ring (bicyclic) bond motifs is 1. The van der Waals surface area contributed by atoms with E-state index in [1.807, 2.05) is 55.5 Å². The normalized spacial score (nSPS) is 11.9. The standard InChI is InChI=1S/C30H29FN6O3/c1-3-19-14-21(31)12-17(2)26(19)28(38)35-25(29(39)40)13-18-8-10-20(11-9-18)27-32-15-22(34-27)16-33-30-36-23-6-4-5-7-24(23)37-30/h4-12,14-15,25H,3,13,16H2,1-2H3,(H,32,34)(H,35,38)(H,39,40)(H2,33,36,37). The molecule has 1 atom stereocenters. The maximum Gasteiger partial charge on any atom is 0.326 e. The van der Waals surface area contributed by atoms with Gasteiger partial charge in [0.2, 0.25) is 5.95 Å². The van der Waals surface area contributed by atoms with Gasteiger partial charge in [0.05, 0.1) is 29.5 Å². The number of hydrogen-bond acceptors (Lipinski definition) is 5. The van der Waals surface area contributed by atoms with E-state index < -0.39 is 23.7 Å². The SMILES string of the molecule is CCc1cc(F)cc(C)c1C(=O)NC(Cc1ccc(-c2ncc(CNc3nc4ccccc4[nH]3)[nH]2)cc1)C(=O)O. The highest BCUT2D eigenvalue weighted by Gasteiger charge is 2.24. The van der Waals surface area contributed by atoms with Gasteiger partial charge >= 0.3 is 5.97 Å². The van der Waals surface area contributed by atoms with E-state index in [-0.39, 0.29) is 6.42 Å². The van der Waals surface area contributed by atoms with Crippen LogP contribution in [0.2, 0.25) is 0 Å². The Kier molecular flexibility index (Phi) is 7.59. The number of nitrogens with zero attached hydrogens (tertiary/aromatic N) is 2. The van der Waals surface area contributed by atoms with Gasteiger partial charge in [0.15, 0.2) is 0 Å². The van der Waals surface area contributed by atoms with Crippen LogP contribution in [0.4, 0.5) is 10.3 Å². The Labute approximate surface area is 229 Å². The molecule has 0 fully saturated rings. The molecule has 2 heterocycles. The molecule has 5 rings (SSSR count). The third-order valence-electron chi connectivity index (χ3n) is 6.72. The lowest BCUT2D eigenvalue weighted by Gasteiger charge is -2.17. The zero-order valence-corrected chi connectivity index (χ0v) is 22.1. The molecule has 0 aliphatic carbocycles. The lowest BCUT2D eigenvalue weighted by Crippen LogP contribution is -2.42. The third kappa shape index (κ3) is 5.85. The number of amides is 1. The minimum Gasteiger partial charge on any atom is -0.480 e. The molecule has 1 amide bonds. The number of carbonyl (C=O) groups is 2. The number of aryl methyl sites for hydroxylation is 2. The van der Waals surface area contributed by atoms with E-state index in [2.05, 4.69) is 30.6 Å². The second-order valence-corrected chi connectivity index (χ2v) is 9.59. The summed E-state index contributed by atoms with van der Waals surface area (Å²) >= 11 is 0. The van der Waals surface area contributed by atoms with Gasteiger partial charge in [0.25, 0.3) is 5.91 Å². The molecule has 0 spiro atoms. The fourth-order valence-corrected chi connectivity index (χ4v) is 4.69. The molecule has 40 heavy (non-hydrogen) atoms. The quantitative estimate of drug-likeness (QED) is 0.169. The highest BCUT2D eigenvalue weighted by molar-refractivity contribution is 5.99. The Morgan fingerprint density at radius 1 is 1.07 bits per heavy atom. The molecule has 10 heteroatoms. The second kappa shape index (κ2) is 11.4. The van der Waals surface area contributed by atoms with Crippen molar-refractivity contribution in [2.45, 2.75) is 39.3 Å². The number of hydrogen-bond donors (Lipinski definition) is 5. The molecule has 3 aromatic carbocycles. The van der Waals surface area contributed by atoms with Crippen molar-refractivity contribution in [1.82, 2.24) is 25.3 Å². The fraction of sp³-hybridized carbons (Fsp3) is 0.200. The number of carbonyl (C=O) groups excluding carboxylic acids is 1. The average molecular weight is 541 g/mol. The molecular weight excluding hydrogens is 511 g/mol. The Balaban J connectivity index is 1.22. The maximum absolute atomic E-state index is 13.8. The van der Waals surface area contributed by atoms with Crippen LogP contribution in [0.1, 0.15) is 39.7 Å². The van der Waals surface area contributed by atoms with E-state index in [9.17, 15) is 19.1 Å². The van der Waals surface area contributed by atoms with E-state index >= 15 is 0 Å². The number of imidazole rings is 2. The highest BCUT2D eigenvalue weighted by Crippen LogP contribution is 2.20. The molecule has 5 N–H and O–H groups in total. The minimum atomic E-state index is -1.15. The molecule has 0 saturated carbocycles. The summed E-state index contributed by atoms with van der Waals surface area (Å²) < 4.78 is 13.8. The van der Waals surface area contributed by atoms with E-state index in [1.54, 1.807) is 13.1 Å². The van der Waals surface area contributed by atoms with Crippen LogP contribution < -0.4 is 10.6 Å². The van der Waals surface area contributed by atoms with E-state index in [4.69, 9.17) is 0 Å². The van der Waals surface area contributed by atoms with E-state index in [0.29, 0.717) is 41.4 Å². The van der Waals surface area contributed by atoms with E-state index in [1.165, 1.54) is 12.1 Å². The third-order valence-corrected chi connectivity index (χ3v) is 6.72. The van der Waals surface area contributed by atoms with Gasteiger partial charge in [-0.25, -0.2) is 19.2 Å². The number of aliphatic carboxylic acids is 1. The molecule has 2 aromatic heterocycles. The van der Waals surface area contributed by atoms with Gasteiger partial charge in [0, 0.05) is 17.5 Å². The van der Waals surface area contributed by atoms with Crippen LogP contribution in [0.15, 0.2) is 66.9 Å². The van der Waals surface area contributed by atoms with Gasteiger partial charge in [-0.15, -0.1) is 0 Å². The Morgan fingerprint density at radius 2 is 1.85 bits per heavy atom. The van der Waals surface area contributed by atoms with Crippen molar-refractivity contribution in [3.8, 4) is 11.4 Å².